The topological polar surface area (TPSA) is 43.6 Å². The number of benzene rings is 1. The van der Waals surface area contributed by atoms with Crippen LogP contribution in [0.15, 0.2) is 47.1 Å². The summed E-state index contributed by atoms with van der Waals surface area (Å²) in [7, 11) is 0. The Balaban J connectivity index is 1.96. The van der Waals surface area contributed by atoms with Crippen LogP contribution >= 0.6 is 15.9 Å². The highest BCUT2D eigenvalue weighted by Gasteiger charge is 2.13. The first kappa shape index (κ1) is 13.8. The normalized spacial score (nSPS) is 10.8. The highest BCUT2D eigenvalue weighted by atomic mass is 79.9. The number of pyridine rings is 1. The van der Waals surface area contributed by atoms with Crippen molar-refractivity contribution in [3.63, 3.8) is 0 Å². The minimum absolute atomic E-state index is 0.302. The molecule has 5 heteroatoms. The number of aldehydes is 1. The molecule has 0 aliphatic heterocycles. The van der Waals surface area contributed by atoms with Crippen LogP contribution in [-0.2, 0) is 6.61 Å². The van der Waals surface area contributed by atoms with Gasteiger partial charge >= 0.3 is 0 Å². The Kier molecular flexibility index (Phi) is 3.75. The second-order valence-electron chi connectivity index (χ2n) is 4.66. The SMILES string of the molecule is Cc1ccccc1OCc1nc(C=O)c2c(Br)cccn12. The standard InChI is InChI=1S/C16H13BrN2O2/c1-11-5-2-3-7-14(11)21-10-15-18-13(9-20)16-12(17)6-4-8-19(15)16/h2-9H,10H2,1H3. The van der Waals surface area contributed by atoms with Gasteiger partial charge in [0.2, 0.25) is 0 Å². The summed E-state index contributed by atoms with van der Waals surface area (Å²) >= 11 is 3.45. The van der Waals surface area contributed by atoms with Crippen LogP contribution < -0.4 is 4.74 Å². The molecule has 21 heavy (non-hydrogen) atoms. The van der Waals surface area contributed by atoms with Crippen molar-refractivity contribution in [1.29, 1.82) is 0 Å². The monoisotopic (exact) mass is 344 g/mol. The molecule has 0 atom stereocenters. The van der Waals surface area contributed by atoms with E-state index in [4.69, 9.17) is 4.74 Å². The van der Waals surface area contributed by atoms with E-state index < -0.39 is 0 Å². The molecule has 0 saturated heterocycles. The van der Waals surface area contributed by atoms with Crippen molar-refractivity contribution in [2.24, 2.45) is 0 Å². The van der Waals surface area contributed by atoms with Crippen LogP contribution in [0, 0.1) is 6.92 Å². The minimum Gasteiger partial charge on any atom is -0.485 e. The number of carbonyl (C=O) groups is 1. The lowest BCUT2D eigenvalue weighted by molar-refractivity contribution is 0.112. The zero-order valence-corrected chi connectivity index (χ0v) is 13.0. The molecule has 3 rings (SSSR count). The van der Waals surface area contributed by atoms with Gasteiger partial charge in [0.25, 0.3) is 0 Å². The van der Waals surface area contributed by atoms with E-state index in [1.807, 2.05) is 53.9 Å². The molecule has 0 aliphatic rings. The largest absolute Gasteiger partial charge is 0.485 e. The molecule has 0 amide bonds. The first-order chi connectivity index (χ1) is 10.2. The second-order valence-corrected chi connectivity index (χ2v) is 5.51. The summed E-state index contributed by atoms with van der Waals surface area (Å²) in [4.78, 5) is 15.5. The second kappa shape index (κ2) is 5.69. The summed E-state index contributed by atoms with van der Waals surface area (Å²) in [6.07, 6.45) is 2.63. The predicted octanol–water partition coefficient (Wildman–Crippen LogP) is 3.80. The van der Waals surface area contributed by atoms with Crippen LogP contribution in [0.5, 0.6) is 5.75 Å². The maximum atomic E-state index is 11.2. The van der Waals surface area contributed by atoms with Crippen LogP contribution in [0.1, 0.15) is 21.9 Å². The first-order valence-electron chi connectivity index (χ1n) is 6.50. The number of fused-ring (bicyclic) bond motifs is 1. The Labute approximate surface area is 130 Å². The molecule has 0 bridgehead atoms. The Morgan fingerprint density at radius 1 is 1.29 bits per heavy atom. The van der Waals surface area contributed by atoms with E-state index in [9.17, 15) is 4.79 Å². The number of imidazole rings is 1. The lowest BCUT2D eigenvalue weighted by Crippen LogP contribution is -2.02. The maximum absolute atomic E-state index is 11.2. The number of hydrogen-bond acceptors (Lipinski definition) is 3. The third-order valence-corrected chi connectivity index (χ3v) is 3.92. The molecule has 4 nitrogen and oxygen atoms in total. The van der Waals surface area contributed by atoms with Crippen molar-refractivity contribution in [3.8, 4) is 5.75 Å². The van der Waals surface area contributed by atoms with Gasteiger partial charge in [-0.2, -0.15) is 0 Å². The Morgan fingerprint density at radius 2 is 2.10 bits per heavy atom. The number of aromatic nitrogens is 2. The average Bonchev–Trinajstić information content (AvgIpc) is 2.86. The van der Waals surface area contributed by atoms with Gasteiger partial charge in [0.15, 0.2) is 12.1 Å². The molecule has 0 aliphatic carbocycles. The zero-order chi connectivity index (χ0) is 14.8. The number of halogens is 1. The molecule has 0 N–H and O–H groups in total. The highest BCUT2D eigenvalue weighted by Crippen LogP contribution is 2.23. The van der Waals surface area contributed by atoms with Crippen LogP contribution in [0.4, 0.5) is 0 Å². The average molecular weight is 345 g/mol. The van der Waals surface area contributed by atoms with E-state index in [0.29, 0.717) is 18.1 Å². The van der Waals surface area contributed by atoms with Gasteiger partial charge in [0.05, 0.1) is 5.52 Å². The molecule has 0 fully saturated rings. The van der Waals surface area contributed by atoms with Gasteiger partial charge in [-0.1, -0.05) is 18.2 Å². The fraction of sp³-hybridized carbons (Fsp3) is 0.125. The Bertz CT molecular complexity index is 811. The van der Waals surface area contributed by atoms with Crippen molar-refractivity contribution >= 4 is 27.7 Å². The number of carbonyl (C=O) groups excluding carboxylic acids is 1. The van der Waals surface area contributed by atoms with E-state index in [1.165, 1.54) is 0 Å². The predicted molar refractivity (Wildman–Crippen MR) is 83.8 cm³/mol. The van der Waals surface area contributed by atoms with Gasteiger partial charge in [0.1, 0.15) is 18.1 Å². The van der Waals surface area contributed by atoms with E-state index in [2.05, 4.69) is 20.9 Å². The van der Waals surface area contributed by atoms with Crippen LogP contribution in [0.25, 0.3) is 5.52 Å². The molecule has 0 radical (unpaired) electrons. The van der Waals surface area contributed by atoms with Crippen molar-refractivity contribution < 1.29 is 9.53 Å². The molecule has 0 saturated carbocycles. The molecule has 0 unspecified atom stereocenters. The van der Waals surface area contributed by atoms with Crippen molar-refractivity contribution in [2.75, 3.05) is 0 Å². The smallest absolute Gasteiger partial charge is 0.170 e. The first-order valence-corrected chi connectivity index (χ1v) is 7.29. The third kappa shape index (κ3) is 2.56. The fourth-order valence-electron chi connectivity index (χ4n) is 2.23. The highest BCUT2D eigenvalue weighted by molar-refractivity contribution is 9.10. The third-order valence-electron chi connectivity index (χ3n) is 3.28. The minimum atomic E-state index is 0.302. The van der Waals surface area contributed by atoms with Crippen molar-refractivity contribution in [3.05, 3.63) is 64.1 Å². The quantitative estimate of drug-likeness (QED) is 0.676. The van der Waals surface area contributed by atoms with Crippen molar-refractivity contribution in [1.82, 2.24) is 9.38 Å². The van der Waals surface area contributed by atoms with E-state index in [-0.39, 0.29) is 0 Å². The van der Waals surface area contributed by atoms with Gasteiger partial charge < -0.3 is 4.74 Å². The van der Waals surface area contributed by atoms with Gasteiger partial charge in [-0.25, -0.2) is 4.98 Å². The van der Waals surface area contributed by atoms with Gasteiger partial charge in [-0.05, 0) is 46.6 Å². The van der Waals surface area contributed by atoms with E-state index in [0.717, 1.165) is 27.6 Å². The summed E-state index contributed by atoms with van der Waals surface area (Å²) in [5.74, 6) is 1.51. The van der Waals surface area contributed by atoms with E-state index in [1.54, 1.807) is 0 Å². The number of rotatable bonds is 4. The molecule has 0 spiro atoms. The number of aryl methyl sites for hydroxylation is 1. The summed E-state index contributed by atoms with van der Waals surface area (Å²) < 4.78 is 8.52. The summed E-state index contributed by atoms with van der Waals surface area (Å²) in [6, 6.07) is 11.6. The van der Waals surface area contributed by atoms with Crippen LogP contribution in [0.2, 0.25) is 0 Å². The van der Waals surface area contributed by atoms with Gasteiger partial charge in [-0.15, -0.1) is 0 Å². The fourth-order valence-corrected chi connectivity index (χ4v) is 2.78. The molecular weight excluding hydrogens is 332 g/mol. The number of ether oxygens (including phenoxy) is 1. The lowest BCUT2D eigenvalue weighted by atomic mass is 10.2. The molecule has 106 valence electrons. The summed E-state index contributed by atoms with van der Waals surface area (Å²) in [5, 5.41) is 0. The molecule has 2 heterocycles. The van der Waals surface area contributed by atoms with Crippen LogP contribution in [0.3, 0.4) is 0 Å². The van der Waals surface area contributed by atoms with Gasteiger partial charge in [0, 0.05) is 10.7 Å². The Hall–Kier alpha value is -2.14. The lowest BCUT2D eigenvalue weighted by Gasteiger charge is -2.08. The van der Waals surface area contributed by atoms with E-state index >= 15 is 0 Å². The van der Waals surface area contributed by atoms with Crippen molar-refractivity contribution in [2.45, 2.75) is 13.5 Å². The summed E-state index contributed by atoms with van der Waals surface area (Å²) in [5.41, 5.74) is 2.23. The molecule has 2 aromatic heterocycles. The van der Waals surface area contributed by atoms with Crippen LogP contribution in [-0.4, -0.2) is 15.7 Å². The number of hydrogen-bond donors (Lipinski definition) is 0. The summed E-state index contributed by atoms with van der Waals surface area (Å²) in [6.45, 7) is 2.29. The Morgan fingerprint density at radius 3 is 2.86 bits per heavy atom. The van der Waals surface area contributed by atoms with Gasteiger partial charge in [-0.3, -0.25) is 9.20 Å². The molecular formula is C16H13BrN2O2. The zero-order valence-electron chi connectivity index (χ0n) is 11.4. The molecule has 3 aromatic rings. The maximum Gasteiger partial charge on any atom is 0.170 e. The molecule has 1 aromatic carbocycles. The number of nitrogens with zero attached hydrogens (tertiary/aromatic N) is 2. The number of para-hydroxylation sites is 1.